The van der Waals surface area contributed by atoms with Gasteiger partial charge in [0.15, 0.2) is 11.5 Å². The number of benzene rings is 3. The summed E-state index contributed by atoms with van der Waals surface area (Å²) in [6.07, 6.45) is -3.62. The highest BCUT2D eigenvalue weighted by Gasteiger charge is 2.43. The number of alkyl halides is 2. The van der Waals surface area contributed by atoms with Crippen molar-refractivity contribution >= 4 is 28.7 Å². The van der Waals surface area contributed by atoms with E-state index in [1.54, 1.807) is 17.8 Å². The Hall–Kier alpha value is -2.99. The molecule has 134 valence electrons. The predicted octanol–water partition coefficient (Wildman–Crippen LogP) is 6.28. The van der Waals surface area contributed by atoms with Gasteiger partial charge >= 0.3 is 6.29 Å². The summed E-state index contributed by atoms with van der Waals surface area (Å²) in [4.78, 5) is 2.30. The van der Waals surface area contributed by atoms with Crippen molar-refractivity contribution < 1.29 is 18.3 Å². The Morgan fingerprint density at radius 2 is 1.56 bits per heavy atom. The molecule has 6 heteroatoms. The molecule has 2 heterocycles. The number of hydrogen-bond donors (Lipinski definition) is 1. The largest absolute Gasteiger partial charge is 0.586 e. The van der Waals surface area contributed by atoms with Crippen molar-refractivity contribution in [2.45, 2.75) is 16.1 Å². The van der Waals surface area contributed by atoms with E-state index < -0.39 is 6.29 Å². The van der Waals surface area contributed by atoms with Crippen LogP contribution in [-0.4, -0.2) is 6.29 Å². The van der Waals surface area contributed by atoms with Crippen LogP contribution in [0.3, 0.4) is 0 Å². The van der Waals surface area contributed by atoms with Gasteiger partial charge in [-0.15, -0.1) is 8.78 Å². The van der Waals surface area contributed by atoms with Crippen LogP contribution in [0.1, 0.15) is 11.1 Å². The van der Waals surface area contributed by atoms with Gasteiger partial charge in [-0.25, -0.2) is 0 Å². The second-order valence-electron chi connectivity index (χ2n) is 6.24. The SMILES string of the molecule is C=C(c1ccc2c(c1)Nc1ccccc1S2)c1ccc2c(c1)OC(F)(F)O2. The summed E-state index contributed by atoms with van der Waals surface area (Å²) in [5.74, 6) is 0.0379. The van der Waals surface area contributed by atoms with E-state index >= 15 is 0 Å². The van der Waals surface area contributed by atoms with Crippen LogP contribution in [0.2, 0.25) is 0 Å². The molecule has 0 fully saturated rings. The minimum Gasteiger partial charge on any atom is -0.395 e. The molecule has 0 aromatic heterocycles. The lowest BCUT2D eigenvalue weighted by Crippen LogP contribution is -2.25. The van der Waals surface area contributed by atoms with Crippen molar-refractivity contribution in [2.24, 2.45) is 0 Å². The summed E-state index contributed by atoms with van der Waals surface area (Å²) in [6.45, 7) is 4.13. The molecule has 5 rings (SSSR count). The highest BCUT2D eigenvalue weighted by Crippen LogP contribution is 2.46. The van der Waals surface area contributed by atoms with Gasteiger partial charge in [-0.3, -0.25) is 0 Å². The zero-order valence-corrected chi connectivity index (χ0v) is 14.8. The molecule has 0 unspecified atom stereocenters. The topological polar surface area (TPSA) is 30.5 Å². The molecule has 3 aromatic rings. The van der Waals surface area contributed by atoms with Crippen LogP contribution in [0.5, 0.6) is 11.5 Å². The lowest BCUT2D eigenvalue weighted by atomic mass is 9.98. The predicted molar refractivity (Wildman–Crippen MR) is 101 cm³/mol. The average Bonchev–Trinajstić information content (AvgIpc) is 2.98. The van der Waals surface area contributed by atoms with Crippen LogP contribution >= 0.6 is 11.8 Å². The van der Waals surface area contributed by atoms with Crippen molar-refractivity contribution in [2.75, 3.05) is 5.32 Å². The molecule has 0 aliphatic carbocycles. The number of para-hydroxylation sites is 1. The summed E-state index contributed by atoms with van der Waals surface area (Å²) < 4.78 is 35.4. The average molecular weight is 381 g/mol. The Morgan fingerprint density at radius 1 is 0.852 bits per heavy atom. The lowest BCUT2D eigenvalue weighted by molar-refractivity contribution is -0.286. The molecule has 0 amide bonds. The quantitative estimate of drug-likeness (QED) is 0.443. The van der Waals surface area contributed by atoms with Gasteiger partial charge in [-0.1, -0.05) is 42.6 Å². The highest BCUT2D eigenvalue weighted by molar-refractivity contribution is 7.99. The minimum atomic E-state index is -3.62. The van der Waals surface area contributed by atoms with Gasteiger partial charge in [-0.2, -0.15) is 0 Å². The van der Waals surface area contributed by atoms with Crippen LogP contribution in [0.25, 0.3) is 5.57 Å². The van der Waals surface area contributed by atoms with Gasteiger partial charge in [0.1, 0.15) is 0 Å². The molecule has 3 aromatic carbocycles. The van der Waals surface area contributed by atoms with Crippen molar-refractivity contribution in [3.8, 4) is 11.5 Å². The lowest BCUT2D eigenvalue weighted by Gasteiger charge is -2.21. The number of halogens is 2. The Labute approximate surface area is 158 Å². The fraction of sp³-hybridized carbons (Fsp3) is 0.0476. The maximum Gasteiger partial charge on any atom is 0.586 e. The second-order valence-corrected chi connectivity index (χ2v) is 7.33. The number of hydrogen-bond acceptors (Lipinski definition) is 4. The standard InChI is InChI=1S/C21H13F2NO2S/c1-12(14-6-8-17-18(11-14)26-21(22,23)25-17)13-7-9-20-16(10-13)24-15-4-2-3-5-19(15)27-20/h2-11,24H,1H2. The normalized spacial score (nSPS) is 15.5. The number of rotatable bonds is 2. The first-order valence-electron chi connectivity index (χ1n) is 8.26. The van der Waals surface area contributed by atoms with E-state index in [0.29, 0.717) is 11.1 Å². The number of ether oxygens (including phenoxy) is 2. The first-order chi connectivity index (χ1) is 13.0. The van der Waals surface area contributed by atoms with Gasteiger partial charge in [0.2, 0.25) is 0 Å². The fourth-order valence-electron chi connectivity index (χ4n) is 3.13. The van der Waals surface area contributed by atoms with Crippen molar-refractivity contribution in [1.82, 2.24) is 0 Å². The van der Waals surface area contributed by atoms with Crippen LogP contribution in [0.4, 0.5) is 20.2 Å². The first kappa shape index (κ1) is 16.2. The van der Waals surface area contributed by atoms with E-state index in [1.807, 2.05) is 36.4 Å². The van der Waals surface area contributed by atoms with Crippen LogP contribution in [-0.2, 0) is 0 Å². The van der Waals surface area contributed by atoms with Gasteiger partial charge in [0.05, 0.1) is 11.4 Å². The summed E-state index contributed by atoms with van der Waals surface area (Å²) in [7, 11) is 0. The Morgan fingerprint density at radius 3 is 2.44 bits per heavy atom. The zero-order valence-electron chi connectivity index (χ0n) is 14.0. The summed E-state index contributed by atoms with van der Waals surface area (Å²) in [6, 6.07) is 18.8. The summed E-state index contributed by atoms with van der Waals surface area (Å²) >= 11 is 1.70. The molecule has 0 saturated carbocycles. The highest BCUT2D eigenvalue weighted by atomic mass is 32.2. The number of anilines is 2. The third-order valence-corrected chi connectivity index (χ3v) is 5.61. The Balaban J connectivity index is 1.46. The van der Waals surface area contributed by atoms with Gasteiger partial charge in [0.25, 0.3) is 0 Å². The Kier molecular flexibility index (Phi) is 3.45. The van der Waals surface area contributed by atoms with Crippen LogP contribution < -0.4 is 14.8 Å². The molecular weight excluding hydrogens is 368 g/mol. The van der Waals surface area contributed by atoms with E-state index in [2.05, 4.69) is 27.4 Å². The molecule has 0 saturated heterocycles. The van der Waals surface area contributed by atoms with E-state index in [0.717, 1.165) is 21.8 Å². The van der Waals surface area contributed by atoms with Crippen molar-refractivity contribution in [3.63, 3.8) is 0 Å². The van der Waals surface area contributed by atoms with Gasteiger partial charge < -0.3 is 14.8 Å². The smallest absolute Gasteiger partial charge is 0.395 e. The molecule has 0 spiro atoms. The number of fused-ring (bicyclic) bond motifs is 3. The number of nitrogens with one attached hydrogen (secondary N) is 1. The molecule has 2 aliphatic heterocycles. The van der Waals surface area contributed by atoms with E-state index in [1.165, 1.54) is 17.0 Å². The second kappa shape index (κ2) is 5.76. The van der Waals surface area contributed by atoms with Crippen LogP contribution in [0.15, 0.2) is 77.0 Å². The summed E-state index contributed by atoms with van der Waals surface area (Å²) in [5.41, 5.74) is 4.35. The maximum absolute atomic E-state index is 13.2. The third kappa shape index (κ3) is 2.82. The van der Waals surface area contributed by atoms with E-state index in [9.17, 15) is 8.78 Å². The van der Waals surface area contributed by atoms with E-state index in [-0.39, 0.29) is 11.5 Å². The monoisotopic (exact) mass is 381 g/mol. The molecule has 0 atom stereocenters. The molecule has 2 aliphatic rings. The Bertz CT molecular complexity index is 1100. The molecule has 1 N–H and O–H groups in total. The van der Waals surface area contributed by atoms with Crippen molar-refractivity contribution in [3.05, 3.63) is 78.4 Å². The summed E-state index contributed by atoms with van der Waals surface area (Å²) in [5, 5.41) is 3.43. The zero-order chi connectivity index (χ0) is 18.6. The molecular formula is C21H13F2NO2S. The third-order valence-electron chi connectivity index (χ3n) is 4.45. The van der Waals surface area contributed by atoms with Crippen molar-refractivity contribution in [1.29, 1.82) is 0 Å². The van der Waals surface area contributed by atoms with E-state index in [4.69, 9.17) is 0 Å². The minimum absolute atomic E-state index is 0.0132. The molecule has 27 heavy (non-hydrogen) atoms. The molecule has 0 bridgehead atoms. The molecule has 3 nitrogen and oxygen atoms in total. The molecule has 0 radical (unpaired) electrons. The van der Waals surface area contributed by atoms with Gasteiger partial charge in [-0.05, 0) is 53.1 Å². The fourth-order valence-corrected chi connectivity index (χ4v) is 4.10. The first-order valence-corrected chi connectivity index (χ1v) is 9.08. The maximum atomic E-state index is 13.2. The van der Waals surface area contributed by atoms with Gasteiger partial charge in [0, 0.05) is 9.79 Å². The van der Waals surface area contributed by atoms with Crippen LogP contribution in [0, 0.1) is 0 Å².